The number of amides is 2. The Bertz CT molecular complexity index is 956. The fraction of sp³-hybridized carbons (Fsp3) is 0.360. The van der Waals surface area contributed by atoms with E-state index in [4.69, 9.17) is 9.47 Å². The first-order chi connectivity index (χ1) is 16.0. The van der Waals surface area contributed by atoms with Crippen LogP contribution in [-0.4, -0.2) is 37.7 Å². The summed E-state index contributed by atoms with van der Waals surface area (Å²) < 4.78 is 9.94. The SMILES string of the molecule is COC(=O)[C@@H](Cc1ccccc1C#N)NC(=O)CCCCCNC(=O)OCc1ccccc1. The van der Waals surface area contributed by atoms with Gasteiger partial charge in [-0.3, -0.25) is 4.79 Å². The lowest BCUT2D eigenvalue weighted by Gasteiger charge is -2.17. The molecule has 0 spiro atoms. The van der Waals surface area contributed by atoms with E-state index in [0.29, 0.717) is 30.5 Å². The number of carbonyl (C=O) groups is 3. The zero-order chi connectivity index (χ0) is 23.9. The summed E-state index contributed by atoms with van der Waals surface area (Å²) in [5, 5.41) is 14.6. The van der Waals surface area contributed by atoms with Gasteiger partial charge in [-0.1, -0.05) is 55.0 Å². The molecular weight excluding hydrogens is 422 g/mol. The smallest absolute Gasteiger partial charge is 0.407 e. The van der Waals surface area contributed by atoms with Crippen LogP contribution in [0.2, 0.25) is 0 Å². The van der Waals surface area contributed by atoms with Gasteiger partial charge in [-0.25, -0.2) is 9.59 Å². The van der Waals surface area contributed by atoms with Gasteiger partial charge in [0.05, 0.1) is 18.7 Å². The van der Waals surface area contributed by atoms with Gasteiger partial charge in [-0.05, 0) is 30.0 Å². The summed E-state index contributed by atoms with van der Waals surface area (Å²) in [6.45, 7) is 0.665. The minimum absolute atomic E-state index is 0.178. The standard InChI is InChI=1S/C25H29N3O5/c1-32-24(30)22(16-20-12-7-8-13-21(20)17-26)28-23(29)14-6-3-9-15-27-25(31)33-18-19-10-4-2-5-11-19/h2,4-5,7-8,10-13,22H,3,6,9,14-16,18H2,1H3,(H,27,31)(H,28,29)/t22-/m1/s1. The Kier molecular flexibility index (Phi) is 11.0. The van der Waals surface area contributed by atoms with Crippen LogP contribution in [0.3, 0.4) is 0 Å². The third-order valence-electron chi connectivity index (χ3n) is 4.95. The molecule has 0 fully saturated rings. The molecule has 0 saturated carbocycles. The summed E-state index contributed by atoms with van der Waals surface area (Å²) in [5.74, 6) is -0.829. The number of ether oxygens (including phenoxy) is 2. The van der Waals surface area contributed by atoms with Gasteiger partial charge < -0.3 is 20.1 Å². The molecule has 33 heavy (non-hydrogen) atoms. The second kappa shape index (κ2) is 14.2. The molecule has 0 aliphatic heterocycles. The fourth-order valence-corrected chi connectivity index (χ4v) is 3.18. The molecule has 2 aromatic carbocycles. The maximum Gasteiger partial charge on any atom is 0.407 e. The van der Waals surface area contributed by atoms with E-state index in [9.17, 15) is 19.6 Å². The maximum atomic E-state index is 12.3. The lowest BCUT2D eigenvalue weighted by molar-refractivity contribution is -0.145. The summed E-state index contributed by atoms with van der Waals surface area (Å²) >= 11 is 0. The molecule has 0 saturated heterocycles. The number of nitrogens with one attached hydrogen (secondary N) is 2. The number of hydrogen-bond acceptors (Lipinski definition) is 6. The van der Waals surface area contributed by atoms with Crippen molar-refractivity contribution in [2.75, 3.05) is 13.7 Å². The minimum atomic E-state index is -0.863. The number of esters is 1. The molecule has 1 atom stereocenters. The van der Waals surface area contributed by atoms with E-state index in [1.54, 1.807) is 24.3 Å². The average molecular weight is 452 g/mol. The number of carbonyl (C=O) groups excluding carboxylic acids is 3. The van der Waals surface area contributed by atoms with Crippen LogP contribution in [0.25, 0.3) is 0 Å². The topological polar surface area (TPSA) is 118 Å². The van der Waals surface area contributed by atoms with Crippen LogP contribution in [0.4, 0.5) is 4.79 Å². The van der Waals surface area contributed by atoms with Gasteiger partial charge in [0.1, 0.15) is 12.6 Å². The molecule has 0 heterocycles. The van der Waals surface area contributed by atoms with Crippen molar-refractivity contribution in [2.45, 2.75) is 44.8 Å². The number of rotatable bonds is 12. The van der Waals surface area contributed by atoms with Crippen LogP contribution in [0.15, 0.2) is 54.6 Å². The van der Waals surface area contributed by atoms with Crippen LogP contribution in [-0.2, 0) is 32.1 Å². The van der Waals surface area contributed by atoms with Gasteiger partial charge in [0.2, 0.25) is 5.91 Å². The number of hydrogen-bond donors (Lipinski definition) is 2. The van der Waals surface area contributed by atoms with Gasteiger partial charge in [0, 0.05) is 19.4 Å². The van der Waals surface area contributed by atoms with E-state index in [1.807, 2.05) is 30.3 Å². The van der Waals surface area contributed by atoms with Crippen molar-refractivity contribution in [1.82, 2.24) is 10.6 Å². The Hall–Kier alpha value is -3.86. The second-order valence-electron chi connectivity index (χ2n) is 7.42. The average Bonchev–Trinajstić information content (AvgIpc) is 2.84. The van der Waals surface area contributed by atoms with Gasteiger partial charge >= 0.3 is 12.1 Å². The quantitative estimate of drug-likeness (QED) is 0.378. The predicted octanol–water partition coefficient (Wildman–Crippen LogP) is 3.25. The fourth-order valence-electron chi connectivity index (χ4n) is 3.18. The largest absolute Gasteiger partial charge is 0.467 e. The Morgan fingerprint density at radius 3 is 2.45 bits per heavy atom. The zero-order valence-electron chi connectivity index (χ0n) is 18.7. The number of unbranched alkanes of at least 4 members (excludes halogenated alkanes) is 2. The van der Waals surface area contributed by atoms with Crippen molar-refractivity contribution in [1.29, 1.82) is 5.26 Å². The van der Waals surface area contributed by atoms with E-state index in [0.717, 1.165) is 12.0 Å². The molecule has 8 nitrogen and oxygen atoms in total. The van der Waals surface area contributed by atoms with Crippen LogP contribution >= 0.6 is 0 Å². The lowest BCUT2D eigenvalue weighted by atomic mass is 10.0. The molecule has 0 radical (unpaired) electrons. The molecule has 0 unspecified atom stereocenters. The van der Waals surface area contributed by atoms with Crippen molar-refractivity contribution >= 4 is 18.0 Å². The Labute approximate surface area is 193 Å². The first-order valence-corrected chi connectivity index (χ1v) is 10.8. The highest BCUT2D eigenvalue weighted by atomic mass is 16.5. The molecule has 0 bridgehead atoms. The molecular formula is C25H29N3O5. The first-order valence-electron chi connectivity index (χ1n) is 10.8. The third kappa shape index (κ3) is 9.44. The van der Waals surface area contributed by atoms with Crippen molar-refractivity contribution in [3.8, 4) is 6.07 Å². The Morgan fingerprint density at radius 2 is 1.73 bits per heavy atom. The Balaban J connectivity index is 1.65. The van der Waals surface area contributed by atoms with Crippen LogP contribution in [0.5, 0.6) is 0 Å². The molecule has 174 valence electrons. The highest BCUT2D eigenvalue weighted by Gasteiger charge is 2.22. The summed E-state index contributed by atoms with van der Waals surface area (Å²) in [6.07, 6.45) is 1.98. The number of alkyl carbamates (subject to hydrolysis) is 1. The van der Waals surface area contributed by atoms with E-state index in [-0.39, 0.29) is 25.4 Å². The van der Waals surface area contributed by atoms with E-state index >= 15 is 0 Å². The first kappa shape index (κ1) is 25.4. The summed E-state index contributed by atoms with van der Waals surface area (Å²) in [6, 6.07) is 17.6. The molecule has 8 heteroatoms. The molecule has 0 aromatic heterocycles. The van der Waals surface area contributed by atoms with Crippen molar-refractivity contribution in [3.05, 3.63) is 71.3 Å². The van der Waals surface area contributed by atoms with Crippen molar-refractivity contribution in [2.24, 2.45) is 0 Å². The number of nitrogens with zero attached hydrogens (tertiary/aromatic N) is 1. The predicted molar refractivity (Wildman–Crippen MR) is 122 cm³/mol. The molecule has 0 aliphatic rings. The van der Waals surface area contributed by atoms with E-state index in [1.165, 1.54) is 7.11 Å². The number of nitriles is 1. The summed E-state index contributed by atoms with van der Waals surface area (Å²) in [4.78, 5) is 36.1. The van der Waals surface area contributed by atoms with E-state index < -0.39 is 18.1 Å². The summed E-state index contributed by atoms with van der Waals surface area (Å²) in [7, 11) is 1.26. The molecule has 2 amide bonds. The normalized spacial score (nSPS) is 11.0. The molecule has 2 aromatic rings. The van der Waals surface area contributed by atoms with Gasteiger partial charge in [0.15, 0.2) is 0 Å². The minimum Gasteiger partial charge on any atom is -0.467 e. The van der Waals surface area contributed by atoms with Crippen molar-refractivity contribution < 1.29 is 23.9 Å². The highest BCUT2D eigenvalue weighted by Crippen LogP contribution is 2.11. The van der Waals surface area contributed by atoms with Gasteiger partial charge in [0.25, 0.3) is 0 Å². The molecule has 2 N–H and O–H groups in total. The van der Waals surface area contributed by atoms with Gasteiger partial charge in [-0.2, -0.15) is 5.26 Å². The molecule has 0 aliphatic carbocycles. The lowest BCUT2D eigenvalue weighted by Crippen LogP contribution is -2.43. The highest BCUT2D eigenvalue weighted by molar-refractivity contribution is 5.84. The second-order valence-corrected chi connectivity index (χ2v) is 7.42. The van der Waals surface area contributed by atoms with Gasteiger partial charge in [-0.15, -0.1) is 0 Å². The number of methoxy groups -OCH3 is 1. The molecule has 2 rings (SSSR count). The van der Waals surface area contributed by atoms with Crippen molar-refractivity contribution in [3.63, 3.8) is 0 Å². The van der Waals surface area contributed by atoms with E-state index in [2.05, 4.69) is 16.7 Å². The Morgan fingerprint density at radius 1 is 1.00 bits per heavy atom. The maximum absolute atomic E-state index is 12.3. The third-order valence-corrected chi connectivity index (χ3v) is 4.95. The van der Waals surface area contributed by atoms with Crippen LogP contribution in [0, 0.1) is 11.3 Å². The zero-order valence-corrected chi connectivity index (χ0v) is 18.7. The van der Waals surface area contributed by atoms with Crippen LogP contribution in [0.1, 0.15) is 42.4 Å². The number of benzene rings is 2. The monoisotopic (exact) mass is 451 g/mol. The van der Waals surface area contributed by atoms with Crippen LogP contribution < -0.4 is 10.6 Å². The summed E-state index contributed by atoms with van der Waals surface area (Å²) in [5.41, 5.74) is 2.04.